The third-order valence-corrected chi connectivity index (χ3v) is 3.36. The van der Waals surface area contributed by atoms with Crippen molar-refractivity contribution in [2.24, 2.45) is 0 Å². The molecule has 1 amide bonds. The van der Waals surface area contributed by atoms with Gasteiger partial charge in [0.2, 0.25) is 0 Å². The van der Waals surface area contributed by atoms with Gasteiger partial charge in [0.1, 0.15) is 0 Å². The molecule has 0 fully saturated rings. The van der Waals surface area contributed by atoms with Crippen molar-refractivity contribution in [3.8, 4) is 0 Å². The van der Waals surface area contributed by atoms with Gasteiger partial charge in [-0.2, -0.15) is 0 Å². The minimum absolute atomic E-state index is 0.00341. The average molecular weight is 318 g/mol. The van der Waals surface area contributed by atoms with Gasteiger partial charge in [-0.25, -0.2) is 0 Å². The van der Waals surface area contributed by atoms with E-state index in [1.54, 1.807) is 36.4 Å². The molecule has 0 aliphatic rings. The molecule has 0 aliphatic carbocycles. The quantitative estimate of drug-likeness (QED) is 0.872. The van der Waals surface area contributed by atoms with Crippen LogP contribution in [-0.4, -0.2) is 11.7 Å². The molecule has 0 aliphatic heterocycles. The monoisotopic (exact) mass is 317 g/mol. The SMILES string of the molecule is CC(=O)c1ccc(NC(=O)c2ccccc2Br)cc1. The van der Waals surface area contributed by atoms with E-state index in [9.17, 15) is 9.59 Å². The number of nitrogens with one attached hydrogen (secondary N) is 1. The van der Waals surface area contributed by atoms with E-state index in [4.69, 9.17) is 0 Å². The van der Waals surface area contributed by atoms with Crippen LogP contribution in [0.15, 0.2) is 53.0 Å². The van der Waals surface area contributed by atoms with Crippen molar-refractivity contribution >= 4 is 33.3 Å². The summed E-state index contributed by atoms with van der Waals surface area (Å²) < 4.78 is 0.743. The lowest BCUT2D eigenvalue weighted by atomic mass is 10.1. The van der Waals surface area contributed by atoms with Crippen molar-refractivity contribution in [2.75, 3.05) is 5.32 Å². The van der Waals surface area contributed by atoms with Gasteiger partial charge >= 0.3 is 0 Å². The first-order valence-corrected chi connectivity index (χ1v) is 6.54. The van der Waals surface area contributed by atoms with E-state index in [2.05, 4.69) is 21.2 Å². The van der Waals surface area contributed by atoms with Crippen molar-refractivity contribution in [1.82, 2.24) is 0 Å². The van der Waals surface area contributed by atoms with Crippen LogP contribution in [0.5, 0.6) is 0 Å². The molecule has 4 heteroatoms. The maximum absolute atomic E-state index is 12.0. The van der Waals surface area contributed by atoms with Gasteiger partial charge in [-0.05, 0) is 59.3 Å². The van der Waals surface area contributed by atoms with Crippen molar-refractivity contribution in [3.63, 3.8) is 0 Å². The fourth-order valence-corrected chi connectivity index (χ4v) is 2.10. The van der Waals surface area contributed by atoms with Crippen LogP contribution in [0.25, 0.3) is 0 Å². The summed E-state index contributed by atoms with van der Waals surface area (Å²) in [5.74, 6) is -0.188. The molecule has 2 rings (SSSR count). The summed E-state index contributed by atoms with van der Waals surface area (Å²) in [6.07, 6.45) is 0. The zero-order chi connectivity index (χ0) is 13.8. The van der Waals surface area contributed by atoms with E-state index in [-0.39, 0.29) is 11.7 Å². The maximum Gasteiger partial charge on any atom is 0.256 e. The van der Waals surface area contributed by atoms with Gasteiger partial charge in [-0.3, -0.25) is 9.59 Å². The predicted octanol–water partition coefficient (Wildman–Crippen LogP) is 3.90. The summed E-state index contributed by atoms with van der Waals surface area (Å²) in [5, 5.41) is 2.78. The highest BCUT2D eigenvalue weighted by atomic mass is 79.9. The lowest BCUT2D eigenvalue weighted by Crippen LogP contribution is -2.12. The molecule has 0 atom stereocenters. The zero-order valence-electron chi connectivity index (χ0n) is 10.3. The molecule has 3 nitrogen and oxygen atoms in total. The Morgan fingerprint density at radius 1 is 1.00 bits per heavy atom. The number of anilines is 1. The number of Topliss-reactive ketones (excluding diaryl/α,β-unsaturated/α-hetero) is 1. The fourth-order valence-electron chi connectivity index (χ4n) is 1.63. The van der Waals surface area contributed by atoms with Crippen LogP contribution in [0.2, 0.25) is 0 Å². The topological polar surface area (TPSA) is 46.2 Å². The number of carbonyl (C=O) groups is 2. The molecule has 2 aromatic rings. The predicted molar refractivity (Wildman–Crippen MR) is 78.5 cm³/mol. The van der Waals surface area contributed by atoms with E-state index in [0.29, 0.717) is 16.8 Å². The Labute approximate surface area is 119 Å². The average Bonchev–Trinajstić information content (AvgIpc) is 2.39. The lowest BCUT2D eigenvalue weighted by Gasteiger charge is -2.07. The first-order valence-electron chi connectivity index (χ1n) is 5.75. The first kappa shape index (κ1) is 13.5. The van der Waals surface area contributed by atoms with Gasteiger partial charge in [0.25, 0.3) is 5.91 Å². The number of ketones is 1. The summed E-state index contributed by atoms with van der Waals surface area (Å²) in [4.78, 5) is 23.2. The van der Waals surface area contributed by atoms with Crippen molar-refractivity contribution < 1.29 is 9.59 Å². The lowest BCUT2D eigenvalue weighted by molar-refractivity contribution is 0.101. The highest BCUT2D eigenvalue weighted by Crippen LogP contribution is 2.18. The molecule has 0 bridgehead atoms. The van der Waals surface area contributed by atoms with Crippen LogP contribution in [0, 0.1) is 0 Å². The third kappa shape index (κ3) is 3.29. The first-order chi connectivity index (χ1) is 9.08. The Bertz CT molecular complexity index is 620. The van der Waals surface area contributed by atoms with Gasteiger partial charge in [0, 0.05) is 15.7 Å². The zero-order valence-corrected chi connectivity index (χ0v) is 11.9. The van der Waals surface area contributed by atoms with E-state index < -0.39 is 0 Å². The van der Waals surface area contributed by atoms with Crippen molar-refractivity contribution in [2.45, 2.75) is 6.92 Å². The molecule has 0 aromatic heterocycles. The molecule has 1 N–H and O–H groups in total. The van der Waals surface area contributed by atoms with Gasteiger partial charge < -0.3 is 5.32 Å². The number of carbonyl (C=O) groups excluding carboxylic acids is 2. The Morgan fingerprint density at radius 3 is 2.21 bits per heavy atom. The second kappa shape index (κ2) is 5.80. The number of benzene rings is 2. The molecule has 0 unspecified atom stereocenters. The van der Waals surface area contributed by atoms with E-state index in [1.165, 1.54) is 6.92 Å². The molecule has 19 heavy (non-hydrogen) atoms. The van der Waals surface area contributed by atoms with E-state index in [0.717, 1.165) is 4.47 Å². The molecule has 0 saturated carbocycles. The summed E-state index contributed by atoms with van der Waals surface area (Å²) in [6, 6.07) is 14.0. The molecular weight excluding hydrogens is 306 g/mol. The number of rotatable bonds is 3. The minimum Gasteiger partial charge on any atom is -0.322 e. The van der Waals surface area contributed by atoms with E-state index >= 15 is 0 Å². The smallest absolute Gasteiger partial charge is 0.256 e. The number of amides is 1. The van der Waals surface area contributed by atoms with Gasteiger partial charge in [-0.1, -0.05) is 12.1 Å². The summed E-state index contributed by atoms with van der Waals surface area (Å²) in [5.41, 5.74) is 1.85. The molecule has 0 radical (unpaired) electrons. The van der Waals surface area contributed by atoms with Crippen LogP contribution < -0.4 is 5.32 Å². The Morgan fingerprint density at radius 2 is 1.63 bits per heavy atom. The second-order valence-electron chi connectivity index (χ2n) is 4.07. The maximum atomic E-state index is 12.0. The highest BCUT2D eigenvalue weighted by molar-refractivity contribution is 9.10. The van der Waals surface area contributed by atoms with Gasteiger partial charge in [0.05, 0.1) is 5.56 Å². The molecular formula is C15H12BrNO2. The van der Waals surface area contributed by atoms with E-state index in [1.807, 2.05) is 12.1 Å². The van der Waals surface area contributed by atoms with Crippen LogP contribution in [0.1, 0.15) is 27.6 Å². The highest BCUT2D eigenvalue weighted by Gasteiger charge is 2.09. The van der Waals surface area contributed by atoms with Crippen molar-refractivity contribution in [3.05, 3.63) is 64.1 Å². The van der Waals surface area contributed by atoms with Crippen LogP contribution in [0.3, 0.4) is 0 Å². The minimum atomic E-state index is -0.192. The molecule has 0 saturated heterocycles. The van der Waals surface area contributed by atoms with Crippen LogP contribution >= 0.6 is 15.9 Å². The number of hydrogen-bond acceptors (Lipinski definition) is 2. The summed E-state index contributed by atoms with van der Waals surface area (Å²) in [7, 11) is 0. The third-order valence-electron chi connectivity index (χ3n) is 2.67. The Balaban J connectivity index is 2.15. The molecule has 96 valence electrons. The molecule has 2 aromatic carbocycles. The Hall–Kier alpha value is -1.94. The summed E-state index contributed by atoms with van der Waals surface area (Å²) >= 11 is 3.34. The Kier molecular flexibility index (Phi) is 4.12. The largest absolute Gasteiger partial charge is 0.322 e. The summed E-state index contributed by atoms with van der Waals surface area (Å²) in [6.45, 7) is 1.51. The van der Waals surface area contributed by atoms with Gasteiger partial charge in [-0.15, -0.1) is 0 Å². The van der Waals surface area contributed by atoms with Crippen LogP contribution in [-0.2, 0) is 0 Å². The molecule has 0 spiro atoms. The molecule has 0 heterocycles. The normalized spacial score (nSPS) is 10.0. The van der Waals surface area contributed by atoms with Gasteiger partial charge in [0.15, 0.2) is 5.78 Å². The van der Waals surface area contributed by atoms with Crippen LogP contribution in [0.4, 0.5) is 5.69 Å². The number of hydrogen-bond donors (Lipinski definition) is 1. The fraction of sp³-hybridized carbons (Fsp3) is 0.0667. The second-order valence-corrected chi connectivity index (χ2v) is 4.92. The van der Waals surface area contributed by atoms with Crippen molar-refractivity contribution in [1.29, 1.82) is 0 Å². The number of halogens is 1. The standard InChI is InChI=1S/C15H12BrNO2/c1-10(18)11-6-8-12(9-7-11)17-15(19)13-4-2-3-5-14(13)16/h2-9H,1H3,(H,17,19).